The first-order valence-electron chi connectivity index (χ1n) is 5.66. The topological polar surface area (TPSA) is 38.3 Å². The van der Waals surface area contributed by atoms with Crippen molar-refractivity contribution in [3.63, 3.8) is 0 Å². The number of hydrogen-bond acceptors (Lipinski definition) is 3. The van der Waals surface area contributed by atoms with Crippen molar-refractivity contribution in [3.8, 4) is 0 Å². The quantitative estimate of drug-likeness (QED) is 0.555. The normalized spacial score (nSPS) is 27.3. The summed E-state index contributed by atoms with van der Waals surface area (Å²) in [4.78, 5) is 11.5. The summed E-state index contributed by atoms with van der Waals surface area (Å²) in [6.45, 7) is 4.78. The van der Waals surface area contributed by atoms with E-state index in [9.17, 15) is 4.79 Å². The molecular formula is C11H21NO2. The Morgan fingerprint density at radius 1 is 1.50 bits per heavy atom. The molecule has 1 aliphatic rings. The van der Waals surface area contributed by atoms with Gasteiger partial charge >= 0.3 is 5.97 Å². The van der Waals surface area contributed by atoms with Gasteiger partial charge in [-0.1, -0.05) is 13.3 Å². The number of unbranched alkanes of at least 4 members (excludes halogenated alkanes) is 1. The molecule has 0 bridgehead atoms. The van der Waals surface area contributed by atoms with E-state index in [2.05, 4.69) is 19.2 Å². The molecular weight excluding hydrogens is 178 g/mol. The van der Waals surface area contributed by atoms with E-state index in [0.717, 1.165) is 25.7 Å². The summed E-state index contributed by atoms with van der Waals surface area (Å²) in [6, 6.07) is 0.392. The standard InChI is InChI=1S/C11H21NO2/c1-3-4-8-14-11(13)10-7-5-6-9(2)12-10/h9-10,12H,3-8H2,1-2H3/t9-,10+/m0/s1. The fraction of sp³-hybridized carbons (Fsp3) is 0.909. The largest absolute Gasteiger partial charge is 0.465 e. The molecule has 1 N–H and O–H groups in total. The van der Waals surface area contributed by atoms with E-state index >= 15 is 0 Å². The van der Waals surface area contributed by atoms with E-state index in [1.54, 1.807) is 0 Å². The van der Waals surface area contributed by atoms with Gasteiger partial charge in [0.1, 0.15) is 6.04 Å². The zero-order chi connectivity index (χ0) is 10.4. The smallest absolute Gasteiger partial charge is 0.323 e. The van der Waals surface area contributed by atoms with E-state index in [4.69, 9.17) is 4.74 Å². The summed E-state index contributed by atoms with van der Waals surface area (Å²) in [5.74, 6) is -0.0648. The third kappa shape index (κ3) is 3.66. The molecule has 14 heavy (non-hydrogen) atoms. The number of ether oxygens (including phenoxy) is 1. The van der Waals surface area contributed by atoms with Crippen LogP contribution in [0, 0.1) is 0 Å². The molecule has 1 aliphatic heterocycles. The van der Waals surface area contributed by atoms with E-state index in [1.165, 1.54) is 6.42 Å². The van der Waals surface area contributed by atoms with Crippen LogP contribution in [0.5, 0.6) is 0 Å². The minimum atomic E-state index is -0.0648. The first-order valence-corrected chi connectivity index (χ1v) is 5.66. The fourth-order valence-corrected chi connectivity index (χ4v) is 1.74. The van der Waals surface area contributed by atoms with Crippen LogP contribution in [0.4, 0.5) is 0 Å². The molecule has 2 atom stereocenters. The molecule has 82 valence electrons. The second kappa shape index (κ2) is 6.02. The van der Waals surface area contributed by atoms with Gasteiger partial charge in [0.15, 0.2) is 0 Å². The highest BCUT2D eigenvalue weighted by Gasteiger charge is 2.24. The molecule has 0 amide bonds. The van der Waals surface area contributed by atoms with Crippen molar-refractivity contribution in [2.75, 3.05) is 6.61 Å². The van der Waals surface area contributed by atoms with Gasteiger partial charge in [-0.15, -0.1) is 0 Å². The lowest BCUT2D eigenvalue weighted by molar-refractivity contribution is -0.147. The second-order valence-corrected chi connectivity index (χ2v) is 4.07. The predicted octanol–water partition coefficient (Wildman–Crippen LogP) is 1.86. The van der Waals surface area contributed by atoms with Gasteiger partial charge in [0.2, 0.25) is 0 Å². The summed E-state index contributed by atoms with van der Waals surface area (Å²) in [5.41, 5.74) is 0. The number of nitrogens with one attached hydrogen (secondary N) is 1. The van der Waals surface area contributed by atoms with Crippen molar-refractivity contribution in [2.24, 2.45) is 0 Å². The van der Waals surface area contributed by atoms with Crippen LogP contribution in [0.1, 0.15) is 46.0 Å². The first kappa shape index (κ1) is 11.5. The second-order valence-electron chi connectivity index (χ2n) is 4.07. The van der Waals surface area contributed by atoms with Crippen molar-refractivity contribution < 1.29 is 9.53 Å². The van der Waals surface area contributed by atoms with Gasteiger partial charge in [-0.2, -0.15) is 0 Å². The Morgan fingerprint density at radius 3 is 2.93 bits per heavy atom. The lowest BCUT2D eigenvalue weighted by Crippen LogP contribution is -2.46. The molecule has 0 radical (unpaired) electrons. The summed E-state index contributed by atoms with van der Waals surface area (Å²) < 4.78 is 5.17. The van der Waals surface area contributed by atoms with Gasteiger partial charge < -0.3 is 10.1 Å². The number of hydrogen-bond donors (Lipinski definition) is 1. The van der Waals surface area contributed by atoms with Gasteiger partial charge in [-0.25, -0.2) is 0 Å². The molecule has 0 saturated carbocycles. The fourth-order valence-electron chi connectivity index (χ4n) is 1.74. The van der Waals surface area contributed by atoms with Crippen LogP contribution < -0.4 is 5.32 Å². The van der Waals surface area contributed by atoms with Crippen molar-refractivity contribution >= 4 is 5.97 Å². The SMILES string of the molecule is CCCCOC(=O)[C@H]1CCC[C@H](C)N1. The van der Waals surface area contributed by atoms with Gasteiger partial charge in [0, 0.05) is 6.04 Å². The Balaban J connectivity index is 2.22. The van der Waals surface area contributed by atoms with E-state index < -0.39 is 0 Å². The molecule has 0 aromatic heterocycles. The third-order valence-electron chi connectivity index (χ3n) is 2.64. The average molecular weight is 199 g/mol. The highest BCUT2D eigenvalue weighted by Crippen LogP contribution is 2.13. The number of esters is 1. The molecule has 0 aliphatic carbocycles. The number of carbonyl (C=O) groups is 1. The van der Waals surface area contributed by atoms with Crippen LogP contribution in [0.2, 0.25) is 0 Å². The minimum absolute atomic E-state index is 0.0596. The molecule has 1 fully saturated rings. The van der Waals surface area contributed by atoms with Gasteiger partial charge in [0.25, 0.3) is 0 Å². The monoisotopic (exact) mass is 199 g/mol. The molecule has 0 aromatic carbocycles. The van der Waals surface area contributed by atoms with E-state index in [0.29, 0.717) is 12.6 Å². The van der Waals surface area contributed by atoms with Gasteiger partial charge in [-0.3, -0.25) is 4.79 Å². The Morgan fingerprint density at radius 2 is 2.29 bits per heavy atom. The predicted molar refractivity (Wildman–Crippen MR) is 56.1 cm³/mol. The van der Waals surface area contributed by atoms with Crippen molar-refractivity contribution in [1.29, 1.82) is 0 Å². The maximum absolute atomic E-state index is 11.5. The molecule has 0 spiro atoms. The Labute approximate surface area is 86.2 Å². The van der Waals surface area contributed by atoms with Crippen LogP contribution in [0.25, 0.3) is 0 Å². The number of piperidine rings is 1. The molecule has 1 heterocycles. The van der Waals surface area contributed by atoms with Crippen LogP contribution in [-0.4, -0.2) is 24.7 Å². The highest BCUT2D eigenvalue weighted by atomic mass is 16.5. The third-order valence-corrected chi connectivity index (χ3v) is 2.64. The van der Waals surface area contributed by atoms with Crippen LogP contribution in [0.3, 0.4) is 0 Å². The first-order chi connectivity index (χ1) is 6.74. The van der Waals surface area contributed by atoms with E-state index in [-0.39, 0.29) is 12.0 Å². The van der Waals surface area contributed by atoms with Crippen molar-refractivity contribution in [1.82, 2.24) is 5.32 Å². The van der Waals surface area contributed by atoms with Crippen molar-refractivity contribution in [2.45, 2.75) is 58.0 Å². The molecule has 1 rings (SSSR count). The molecule has 1 saturated heterocycles. The Bertz CT molecular complexity index is 182. The number of carbonyl (C=O) groups excluding carboxylic acids is 1. The zero-order valence-electron chi connectivity index (χ0n) is 9.21. The van der Waals surface area contributed by atoms with Gasteiger partial charge in [-0.05, 0) is 32.6 Å². The zero-order valence-corrected chi connectivity index (χ0v) is 9.21. The summed E-state index contributed by atoms with van der Waals surface area (Å²) >= 11 is 0. The molecule has 3 heteroatoms. The maximum atomic E-state index is 11.5. The molecule has 0 aromatic rings. The molecule has 0 unspecified atom stereocenters. The lowest BCUT2D eigenvalue weighted by atomic mass is 10.00. The lowest BCUT2D eigenvalue weighted by Gasteiger charge is -2.27. The Hall–Kier alpha value is -0.570. The average Bonchev–Trinajstić information content (AvgIpc) is 2.18. The summed E-state index contributed by atoms with van der Waals surface area (Å²) in [5, 5.41) is 3.27. The maximum Gasteiger partial charge on any atom is 0.323 e. The van der Waals surface area contributed by atoms with Crippen molar-refractivity contribution in [3.05, 3.63) is 0 Å². The van der Waals surface area contributed by atoms with E-state index in [1.807, 2.05) is 0 Å². The summed E-state index contributed by atoms with van der Waals surface area (Å²) in [7, 11) is 0. The summed E-state index contributed by atoms with van der Waals surface area (Å²) in [6.07, 6.45) is 5.26. The van der Waals surface area contributed by atoms with Crippen LogP contribution in [0.15, 0.2) is 0 Å². The molecule has 3 nitrogen and oxygen atoms in total. The minimum Gasteiger partial charge on any atom is -0.465 e. The number of rotatable bonds is 4. The van der Waals surface area contributed by atoms with Gasteiger partial charge in [0.05, 0.1) is 6.61 Å². The Kier molecular flexibility index (Phi) is 4.94. The van der Waals surface area contributed by atoms with Crippen LogP contribution in [-0.2, 0) is 9.53 Å². The highest BCUT2D eigenvalue weighted by molar-refractivity contribution is 5.75. The van der Waals surface area contributed by atoms with Crippen LogP contribution >= 0.6 is 0 Å².